The quantitative estimate of drug-likeness (QED) is 0.374. The summed E-state index contributed by atoms with van der Waals surface area (Å²) in [5.74, 6) is -1.37. The number of halogens is 3. The second kappa shape index (κ2) is 10.0. The molecule has 0 aromatic carbocycles. The minimum Gasteiger partial charge on any atom is -0.485 e. The van der Waals surface area contributed by atoms with Gasteiger partial charge >= 0.3 is 0 Å². The lowest BCUT2D eigenvalue weighted by atomic mass is 10.1. The molecule has 5 heterocycles. The molecule has 0 radical (unpaired) electrons. The van der Waals surface area contributed by atoms with Crippen LogP contribution in [0.1, 0.15) is 36.6 Å². The fourth-order valence-electron chi connectivity index (χ4n) is 4.02. The van der Waals surface area contributed by atoms with Crippen LogP contribution in [-0.2, 0) is 25.0 Å². The van der Waals surface area contributed by atoms with Gasteiger partial charge in [0.15, 0.2) is 11.6 Å². The zero-order valence-corrected chi connectivity index (χ0v) is 21.2. The Kier molecular flexibility index (Phi) is 6.77. The first-order chi connectivity index (χ1) is 18.1. The highest BCUT2D eigenvalue weighted by Crippen LogP contribution is 2.29. The van der Waals surface area contributed by atoms with Crippen molar-refractivity contribution >= 4 is 11.6 Å². The van der Waals surface area contributed by atoms with Gasteiger partial charge in [0, 0.05) is 36.6 Å². The molecule has 0 saturated heterocycles. The highest BCUT2D eigenvalue weighted by Gasteiger charge is 2.22. The minimum absolute atomic E-state index is 0.0591. The first kappa shape index (κ1) is 25.6. The smallest absolute Gasteiger partial charge is 0.277 e. The molecule has 4 aromatic rings. The predicted octanol–water partition coefficient (Wildman–Crippen LogP) is 4.48. The zero-order chi connectivity index (χ0) is 27.0. The number of nitrogens with zero attached hydrogens (tertiary/aromatic N) is 5. The Balaban J connectivity index is 1.58. The Bertz CT molecular complexity index is 1630. The monoisotopic (exact) mass is 537 g/mol. The Morgan fingerprint density at radius 2 is 1.87 bits per heavy atom. The molecule has 0 unspecified atom stereocenters. The summed E-state index contributed by atoms with van der Waals surface area (Å²) < 4.78 is 34.3. The summed E-state index contributed by atoms with van der Waals surface area (Å²) in [6.07, 6.45) is 8.92. The minimum atomic E-state index is -1.25. The molecule has 11 heteroatoms. The molecule has 0 fully saturated rings. The van der Waals surface area contributed by atoms with Crippen molar-refractivity contribution in [2.24, 2.45) is 0 Å². The Hall–Kier alpha value is -4.02. The highest BCUT2D eigenvalue weighted by molar-refractivity contribution is 6.31. The predicted molar refractivity (Wildman–Crippen MR) is 136 cm³/mol. The van der Waals surface area contributed by atoms with Gasteiger partial charge in [-0.15, -0.1) is 0 Å². The van der Waals surface area contributed by atoms with Crippen molar-refractivity contribution in [2.45, 2.75) is 38.9 Å². The maximum Gasteiger partial charge on any atom is 0.277 e. The second-order valence-corrected chi connectivity index (χ2v) is 9.61. The van der Waals surface area contributed by atoms with Crippen LogP contribution < -0.4 is 10.3 Å². The topological polar surface area (TPSA) is 103 Å². The van der Waals surface area contributed by atoms with Crippen LogP contribution >= 0.6 is 11.6 Å². The highest BCUT2D eigenvalue weighted by atomic mass is 35.5. The number of rotatable bonds is 5. The SMILES string of the molecule is CC(C)(O)c1nccc(-c2cc3c(cn2)C/C=C\Cc2cc(OCc4ncc(F)cc4F)c(Cl)c(=O)n2-3)n1. The van der Waals surface area contributed by atoms with Gasteiger partial charge in [0.1, 0.15) is 34.5 Å². The Morgan fingerprint density at radius 1 is 1.08 bits per heavy atom. The number of aromatic nitrogens is 5. The van der Waals surface area contributed by atoms with Gasteiger partial charge in [0.05, 0.1) is 23.3 Å². The molecule has 4 aromatic heterocycles. The van der Waals surface area contributed by atoms with E-state index in [0.29, 0.717) is 41.7 Å². The van der Waals surface area contributed by atoms with E-state index in [4.69, 9.17) is 16.3 Å². The van der Waals surface area contributed by atoms with Crippen LogP contribution in [0.25, 0.3) is 17.1 Å². The van der Waals surface area contributed by atoms with Crippen molar-refractivity contribution in [3.05, 3.63) is 105 Å². The van der Waals surface area contributed by atoms with E-state index >= 15 is 0 Å². The van der Waals surface area contributed by atoms with E-state index in [1.165, 1.54) is 10.8 Å². The van der Waals surface area contributed by atoms with Crippen LogP contribution in [0, 0.1) is 11.6 Å². The molecule has 0 amide bonds. The average molecular weight is 538 g/mol. The van der Waals surface area contributed by atoms with Crippen molar-refractivity contribution in [3.8, 4) is 22.8 Å². The molecule has 38 heavy (non-hydrogen) atoms. The molecule has 0 saturated carbocycles. The van der Waals surface area contributed by atoms with E-state index in [-0.39, 0.29) is 28.9 Å². The summed E-state index contributed by atoms with van der Waals surface area (Å²) in [6, 6.07) is 5.73. The summed E-state index contributed by atoms with van der Waals surface area (Å²) in [5.41, 5.74) is 1.00. The fourth-order valence-corrected chi connectivity index (χ4v) is 4.21. The second-order valence-electron chi connectivity index (χ2n) is 9.23. The molecular weight excluding hydrogens is 516 g/mol. The molecule has 0 aliphatic carbocycles. The number of hydrogen-bond acceptors (Lipinski definition) is 7. The third-order valence-corrected chi connectivity index (χ3v) is 6.29. The van der Waals surface area contributed by atoms with Gasteiger partial charge in [0.2, 0.25) is 0 Å². The van der Waals surface area contributed by atoms with Gasteiger partial charge in [0.25, 0.3) is 5.56 Å². The van der Waals surface area contributed by atoms with Crippen LogP contribution in [-0.4, -0.2) is 29.6 Å². The van der Waals surface area contributed by atoms with E-state index in [9.17, 15) is 18.7 Å². The largest absolute Gasteiger partial charge is 0.485 e. The number of allylic oxidation sites excluding steroid dienone is 2. The van der Waals surface area contributed by atoms with Crippen molar-refractivity contribution in [2.75, 3.05) is 0 Å². The standard InChI is InChI=1S/C27H22ClF2N5O3/c1-27(2,37)26-31-8-7-19(34-26)20-11-22-15(12-32-20)5-3-4-6-17-10-23(24(28)25(36)35(17)22)38-14-21-18(30)9-16(29)13-33-21/h3-4,7-13,37H,5-6,14H2,1-2H3/b4-3-. The first-order valence-electron chi connectivity index (χ1n) is 11.7. The fraction of sp³-hybridized carbons (Fsp3) is 0.222. The van der Waals surface area contributed by atoms with Crippen LogP contribution in [0.4, 0.5) is 8.78 Å². The van der Waals surface area contributed by atoms with Crippen LogP contribution in [0.5, 0.6) is 5.75 Å². The number of ether oxygens (including phenoxy) is 1. The normalized spacial score (nSPS) is 13.7. The van der Waals surface area contributed by atoms with E-state index < -0.39 is 22.8 Å². The van der Waals surface area contributed by atoms with Gasteiger partial charge in [-0.25, -0.2) is 18.7 Å². The van der Waals surface area contributed by atoms with Crippen LogP contribution in [0.15, 0.2) is 59.8 Å². The van der Waals surface area contributed by atoms with Crippen LogP contribution in [0.3, 0.4) is 0 Å². The van der Waals surface area contributed by atoms with Crippen LogP contribution in [0.2, 0.25) is 5.02 Å². The van der Waals surface area contributed by atoms with Gasteiger partial charge in [-0.3, -0.25) is 19.3 Å². The van der Waals surface area contributed by atoms with Crippen molar-refractivity contribution in [1.29, 1.82) is 0 Å². The number of aliphatic hydroxyl groups is 1. The first-order valence-corrected chi connectivity index (χ1v) is 12.1. The lowest BCUT2D eigenvalue weighted by molar-refractivity contribution is 0.0688. The number of fused-ring (bicyclic) bond motifs is 3. The summed E-state index contributed by atoms with van der Waals surface area (Å²) in [4.78, 5) is 30.4. The number of pyridine rings is 3. The summed E-state index contributed by atoms with van der Waals surface area (Å²) in [7, 11) is 0. The maximum absolute atomic E-state index is 14.0. The van der Waals surface area contributed by atoms with E-state index in [1.807, 2.05) is 12.2 Å². The zero-order valence-electron chi connectivity index (χ0n) is 20.5. The summed E-state index contributed by atoms with van der Waals surface area (Å²) >= 11 is 6.44. The Morgan fingerprint density at radius 3 is 2.63 bits per heavy atom. The van der Waals surface area contributed by atoms with Gasteiger partial charge in [-0.2, -0.15) is 0 Å². The van der Waals surface area contributed by atoms with Gasteiger partial charge < -0.3 is 9.84 Å². The lowest BCUT2D eigenvalue weighted by Crippen LogP contribution is -2.25. The lowest BCUT2D eigenvalue weighted by Gasteiger charge is -2.20. The molecular formula is C27H22ClF2N5O3. The molecule has 8 nitrogen and oxygen atoms in total. The average Bonchev–Trinajstić information content (AvgIpc) is 2.87. The molecule has 0 spiro atoms. The van der Waals surface area contributed by atoms with E-state index in [1.54, 1.807) is 38.2 Å². The van der Waals surface area contributed by atoms with Gasteiger partial charge in [-0.1, -0.05) is 23.8 Å². The van der Waals surface area contributed by atoms with Crippen molar-refractivity contribution in [1.82, 2.24) is 24.5 Å². The number of hydrogen-bond donors (Lipinski definition) is 1. The summed E-state index contributed by atoms with van der Waals surface area (Å²) in [6.45, 7) is 2.83. The van der Waals surface area contributed by atoms with E-state index in [2.05, 4.69) is 19.9 Å². The molecule has 1 N–H and O–H groups in total. The molecule has 194 valence electrons. The van der Waals surface area contributed by atoms with Gasteiger partial charge in [-0.05, 0) is 38.0 Å². The van der Waals surface area contributed by atoms with Crippen molar-refractivity contribution < 1.29 is 18.6 Å². The Labute approximate surface area is 221 Å². The summed E-state index contributed by atoms with van der Waals surface area (Å²) in [5, 5.41) is 10.1. The molecule has 0 bridgehead atoms. The molecule has 5 rings (SSSR count). The molecule has 1 aliphatic rings. The maximum atomic E-state index is 14.0. The van der Waals surface area contributed by atoms with Crippen molar-refractivity contribution in [3.63, 3.8) is 0 Å². The van der Waals surface area contributed by atoms with E-state index in [0.717, 1.165) is 11.8 Å². The molecule has 0 atom stereocenters. The third-order valence-electron chi connectivity index (χ3n) is 5.94. The third kappa shape index (κ3) is 5.05. The molecule has 1 aliphatic heterocycles.